The Bertz CT molecular complexity index is 811. The van der Waals surface area contributed by atoms with Crippen molar-refractivity contribution in [3.8, 4) is 0 Å². The van der Waals surface area contributed by atoms with E-state index in [2.05, 4.69) is 0 Å². The highest BCUT2D eigenvalue weighted by Crippen LogP contribution is 2.29. The average molecular weight is 386 g/mol. The van der Waals surface area contributed by atoms with Gasteiger partial charge in [0, 0.05) is 39.2 Å². The number of hydrogen-bond acceptors (Lipinski definition) is 6. The van der Waals surface area contributed by atoms with E-state index in [1.807, 2.05) is 0 Å². The molecule has 1 N–H and O–H groups in total. The fraction of sp³-hybridized carbons (Fsp3) is 0.625. The predicted molar refractivity (Wildman–Crippen MR) is 89.3 cm³/mol. The Morgan fingerprint density at radius 3 is 2.54 bits per heavy atom. The SMILES string of the molecule is COC1CC(C(=O)O)N(C(=O)c2cc(S(=O)(=O)N3CCCC3)c(C)o2)C1. The number of likely N-dealkylation sites (tertiary alicyclic amines) is 1. The van der Waals surface area contributed by atoms with Crippen LogP contribution < -0.4 is 0 Å². The monoisotopic (exact) mass is 386 g/mol. The number of carbonyl (C=O) groups excluding carboxylic acids is 1. The van der Waals surface area contributed by atoms with E-state index >= 15 is 0 Å². The lowest BCUT2D eigenvalue weighted by Gasteiger charge is -2.19. The van der Waals surface area contributed by atoms with Crippen LogP contribution >= 0.6 is 0 Å². The molecule has 2 aliphatic rings. The van der Waals surface area contributed by atoms with Crippen LogP contribution in [0.25, 0.3) is 0 Å². The Balaban J connectivity index is 1.88. The van der Waals surface area contributed by atoms with Crippen molar-refractivity contribution in [1.29, 1.82) is 0 Å². The molecule has 26 heavy (non-hydrogen) atoms. The summed E-state index contributed by atoms with van der Waals surface area (Å²) in [5.74, 6) is -1.84. The zero-order valence-corrected chi connectivity index (χ0v) is 15.5. The van der Waals surface area contributed by atoms with Crippen molar-refractivity contribution < 1.29 is 32.3 Å². The fourth-order valence-electron chi connectivity index (χ4n) is 3.46. The summed E-state index contributed by atoms with van der Waals surface area (Å²) in [5, 5.41) is 9.34. The molecule has 9 nitrogen and oxygen atoms in total. The van der Waals surface area contributed by atoms with Crippen molar-refractivity contribution in [2.75, 3.05) is 26.7 Å². The van der Waals surface area contributed by atoms with Crippen LogP contribution in [-0.4, -0.2) is 73.5 Å². The molecule has 2 saturated heterocycles. The first kappa shape index (κ1) is 18.9. The number of methoxy groups -OCH3 is 1. The number of carbonyl (C=O) groups is 2. The molecule has 0 radical (unpaired) electrons. The van der Waals surface area contributed by atoms with Gasteiger partial charge < -0.3 is 19.2 Å². The van der Waals surface area contributed by atoms with E-state index in [-0.39, 0.29) is 35.5 Å². The van der Waals surface area contributed by atoms with Crippen molar-refractivity contribution >= 4 is 21.9 Å². The number of hydrogen-bond donors (Lipinski definition) is 1. The zero-order valence-electron chi connectivity index (χ0n) is 14.7. The molecule has 10 heteroatoms. The molecule has 144 valence electrons. The Hall–Kier alpha value is -1.91. The molecule has 3 heterocycles. The van der Waals surface area contributed by atoms with Crippen LogP contribution in [0.3, 0.4) is 0 Å². The van der Waals surface area contributed by atoms with Gasteiger partial charge in [0.15, 0.2) is 5.76 Å². The van der Waals surface area contributed by atoms with Gasteiger partial charge in [-0.15, -0.1) is 0 Å². The molecule has 3 rings (SSSR count). The van der Waals surface area contributed by atoms with Gasteiger partial charge in [-0.25, -0.2) is 13.2 Å². The molecule has 0 aromatic carbocycles. The van der Waals surface area contributed by atoms with E-state index in [9.17, 15) is 23.1 Å². The minimum atomic E-state index is -3.72. The molecule has 2 fully saturated rings. The Morgan fingerprint density at radius 2 is 1.96 bits per heavy atom. The molecular weight excluding hydrogens is 364 g/mol. The summed E-state index contributed by atoms with van der Waals surface area (Å²) < 4.78 is 37.4. The second kappa shape index (κ2) is 7.01. The largest absolute Gasteiger partial charge is 0.480 e. The number of rotatable bonds is 5. The topological polar surface area (TPSA) is 117 Å². The van der Waals surface area contributed by atoms with E-state index in [0.29, 0.717) is 13.1 Å². The number of carboxylic acids is 1. The van der Waals surface area contributed by atoms with E-state index in [1.165, 1.54) is 24.4 Å². The van der Waals surface area contributed by atoms with Crippen LogP contribution in [0.5, 0.6) is 0 Å². The maximum absolute atomic E-state index is 12.7. The van der Waals surface area contributed by atoms with Crippen LogP contribution in [0.1, 0.15) is 35.6 Å². The summed E-state index contributed by atoms with van der Waals surface area (Å²) in [6.07, 6.45) is 1.39. The molecule has 0 spiro atoms. The number of furan rings is 1. The first-order valence-electron chi connectivity index (χ1n) is 8.43. The minimum Gasteiger partial charge on any atom is -0.480 e. The van der Waals surface area contributed by atoms with E-state index in [4.69, 9.17) is 9.15 Å². The van der Waals surface area contributed by atoms with Gasteiger partial charge in [-0.3, -0.25) is 4.79 Å². The molecule has 0 aliphatic carbocycles. The lowest BCUT2D eigenvalue weighted by molar-refractivity contribution is -0.141. The minimum absolute atomic E-state index is 0.0443. The van der Waals surface area contributed by atoms with Crippen molar-refractivity contribution in [2.45, 2.75) is 43.2 Å². The first-order valence-corrected chi connectivity index (χ1v) is 9.87. The van der Waals surface area contributed by atoms with Crippen molar-refractivity contribution in [2.24, 2.45) is 0 Å². The fourth-order valence-corrected chi connectivity index (χ4v) is 5.14. The summed E-state index contributed by atoms with van der Waals surface area (Å²) in [7, 11) is -2.27. The summed E-state index contributed by atoms with van der Waals surface area (Å²) in [6, 6.07) is 0.168. The van der Waals surface area contributed by atoms with Crippen LogP contribution in [0.2, 0.25) is 0 Å². The zero-order chi connectivity index (χ0) is 19.1. The summed E-state index contributed by atoms with van der Waals surface area (Å²) in [5.41, 5.74) is 0. The molecule has 2 atom stereocenters. The second-order valence-electron chi connectivity index (χ2n) is 6.55. The third-order valence-electron chi connectivity index (χ3n) is 4.91. The van der Waals surface area contributed by atoms with Gasteiger partial charge in [0.2, 0.25) is 10.0 Å². The van der Waals surface area contributed by atoms with Gasteiger partial charge >= 0.3 is 5.97 Å². The van der Waals surface area contributed by atoms with Gasteiger partial charge in [-0.2, -0.15) is 4.31 Å². The lowest BCUT2D eigenvalue weighted by atomic mass is 10.2. The van der Waals surface area contributed by atoms with Gasteiger partial charge in [0.1, 0.15) is 16.7 Å². The molecular formula is C16H22N2O7S. The summed E-state index contributed by atoms with van der Waals surface area (Å²) in [4.78, 5) is 25.3. The number of amides is 1. The smallest absolute Gasteiger partial charge is 0.326 e. The second-order valence-corrected chi connectivity index (χ2v) is 8.45. The summed E-state index contributed by atoms with van der Waals surface area (Å²) in [6.45, 7) is 2.48. The number of aliphatic carboxylic acids is 1. The maximum atomic E-state index is 12.7. The van der Waals surface area contributed by atoms with Gasteiger partial charge in [0.25, 0.3) is 5.91 Å². The number of carboxylic acid groups (broad SMARTS) is 1. The highest BCUT2D eigenvalue weighted by Gasteiger charge is 2.42. The highest BCUT2D eigenvalue weighted by atomic mass is 32.2. The number of ether oxygens (including phenoxy) is 1. The molecule has 1 aromatic heterocycles. The predicted octanol–water partition coefficient (Wildman–Crippen LogP) is 0.687. The summed E-state index contributed by atoms with van der Waals surface area (Å²) >= 11 is 0. The lowest BCUT2D eigenvalue weighted by Crippen LogP contribution is -2.40. The number of sulfonamides is 1. The standard InChI is InChI=1S/C16H22N2O7S/c1-10-14(26(22,23)17-5-3-4-6-17)8-13(25-10)15(19)18-9-11(24-2)7-12(18)16(20)21/h8,11-12H,3-7,9H2,1-2H3,(H,20,21). The molecule has 0 saturated carbocycles. The van der Waals surface area contributed by atoms with Crippen molar-refractivity contribution in [3.63, 3.8) is 0 Å². The third-order valence-corrected chi connectivity index (χ3v) is 6.91. The van der Waals surface area contributed by atoms with E-state index in [1.54, 1.807) is 0 Å². The Kier molecular flexibility index (Phi) is 5.09. The molecule has 0 bridgehead atoms. The Morgan fingerprint density at radius 1 is 1.31 bits per heavy atom. The van der Waals surface area contributed by atoms with Crippen LogP contribution in [0.15, 0.2) is 15.4 Å². The highest BCUT2D eigenvalue weighted by molar-refractivity contribution is 7.89. The first-order chi connectivity index (χ1) is 12.3. The average Bonchev–Trinajstić information content (AvgIpc) is 3.32. The van der Waals surface area contributed by atoms with Gasteiger partial charge in [-0.1, -0.05) is 0 Å². The van der Waals surface area contributed by atoms with Crippen LogP contribution in [0.4, 0.5) is 0 Å². The van der Waals surface area contributed by atoms with Gasteiger partial charge in [0.05, 0.1) is 6.10 Å². The number of aryl methyl sites for hydroxylation is 1. The molecule has 2 unspecified atom stereocenters. The number of nitrogens with zero attached hydrogens (tertiary/aromatic N) is 2. The van der Waals surface area contributed by atoms with Crippen molar-refractivity contribution in [3.05, 3.63) is 17.6 Å². The molecule has 1 aromatic rings. The van der Waals surface area contributed by atoms with Crippen LogP contribution in [0, 0.1) is 6.92 Å². The third kappa shape index (κ3) is 3.24. The van der Waals surface area contributed by atoms with Gasteiger partial charge in [-0.05, 0) is 19.8 Å². The van der Waals surface area contributed by atoms with Crippen molar-refractivity contribution in [1.82, 2.24) is 9.21 Å². The molecule has 1 amide bonds. The maximum Gasteiger partial charge on any atom is 0.326 e. The van der Waals surface area contributed by atoms with E-state index in [0.717, 1.165) is 17.7 Å². The quantitative estimate of drug-likeness (QED) is 0.791. The molecule has 2 aliphatic heterocycles. The normalized spacial score (nSPS) is 24.3. The van der Waals surface area contributed by atoms with E-state index < -0.39 is 27.9 Å². The van der Waals surface area contributed by atoms with Crippen LogP contribution in [-0.2, 0) is 19.6 Å². The Labute approximate surface area is 151 Å².